The third-order valence-corrected chi connectivity index (χ3v) is 3.01. The average molecular weight is 263 g/mol. The summed E-state index contributed by atoms with van der Waals surface area (Å²) in [5.74, 6) is -0.202. The maximum Gasteiger partial charge on any atom is 0.132 e. The summed E-state index contributed by atoms with van der Waals surface area (Å²) in [6.45, 7) is 0. The molecule has 2 nitrogen and oxygen atoms in total. The van der Waals surface area contributed by atoms with Crippen LogP contribution in [0.4, 0.5) is 8.78 Å². The first-order chi connectivity index (χ1) is 9.15. The van der Waals surface area contributed by atoms with E-state index in [0.29, 0.717) is 11.3 Å². The van der Waals surface area contributed by atoms with Gasteiger partial charge in [0.2, 0.25) is 0 Å². The summed E-state index contributed by atoms with van der Waals surface area (Å²) in [5, 5.41) is 3.03. The highest BCUT2D eigenvalue weighted by Gasteiger charge is 2.16. The van der Waals surface area contributed by atoms with E-state index in [2.05, 4.69) is 5.32 Å². The Morgan fingerprint density at radius 1 is 1.05 bits per heavy atom. The Hall–Kier alpha value is -1.94. The molecule has 1 N–H and O–H groups in total. The van der Waals surface area contributed by atoms with Gasteiger partial charge in [0.15, 0.2) is 0 Å². The lowest BCUT2D eigenvalue weighted by Crippen LogP contribution is -2.19. The lowest BCUT2D eigenvalue weighted by molar-refractivity contribution is 0.410. The summed E-state index contributed by atoms with van der Waals surface area (Å²) in [6.07, 6.45) is 0. The van der Waals surface area contributed by atoms with Crippen LogP contribution < -0.4 is 10.1 Å². The highest BCUT2D eigenvalue weighted by molar-refractivity contribution is 5.36. The fourth-order valence-electron chi connectivity index (χ4n) is 2.03. The first-order valence-corrected chi connectivity index (χ1v) is 5.92. The Morgan fingerprint density at radius 2 is 1.74 bits per heavy atom. The molecule has 2 rings (SSSR count). The molecule has 4 heteroatoms. The molecular formula is C15H15F2NO. The van der Waals surface area contributed by atoms with Crippen LogP contribution in [0, 0.1) is 11.6 Å². The molecule has 0 aliphatic rings. The zero-order valence-electron chi connectivity index (χ0n) is 10.8. The van der Waals surface area contributed by atoms with E-state index in [-0.39, 0.29) is 17.7 Å². The van der Waals surface area contributed by atoms with Crippen LogP contribution in [-0.2, 0) is 0 Å². The van der Waals surface area contributed by atoms with Crippen LogP contribution in [0.15, 0.2) is 42.5 Å². The van der Waals surface area contributed by atoms with Crippen LogP contribution >= 0.6 is 0 Å². The van der Waals surface area contributed by atoms with Crippen LogP contribution in [0.2, 0.25) is 0 Å². The number of benzene rings is 2. The molecule has 19 heavy (non-hydrogen) atoms. The molecule has 100 valence electrons. The molecule has 0 aliphatic heterocycles. The highest BCUT2D eigenvalue weighted by atomic mass is 19.1. The number of ether oxygens (including phenoxy) is 1. The first kappa shape index (κ1) is 13.5. The standard InChI is InChI=1S/C15H15F2NO/c1-18-15(10-3-5-11(16)6-4-10)13-8-7-12(19-2)9-14(13)17/h3-9,15,18H,1-2H3. The van der Waals surface area contributed by atoms with E-state index < -0.39 is 0 Å². The number of hydrogen-bond acceptors (Lipinski definition) is 2. The molecular weight excluding hydrogens is 248 g/mol. The van der Waals surface area contributed by atoms with E-state index in [0.717, 1.165) is 5.56 Å². The minimum atomic E-state index is -0.358. The molecule has 0 amide bonds. The molecule has 1 atom stereocenters. The van der Waals surface area contributed by atoms with Crippen molar-refractivity contribution in [2.75, 3.05) is 14.2 Å². The Morgan fingerprint density at radius 3 is 2.26 bits per heavy atom. The van der Waals surface area contributed by atoms with Crippen LogP contribution in [0.3, 0.4) is 0 Å². The summed E-state index contributed by atoms with van der Waals surface area (Å²) in [4.78, 5) is 0. The van der Waals surface area contributed by atoms with E-state index >= 15 is 0 Å². The van der Waals surface area contributed by atoms with Crippen LogP contribution in [0.25, 0.3) is 0 Å². The van der Waals surface area contributed by atoms with Crippen molar-refractivity contribution in [2.24, 2.45) is 0 Å². The minimum Gasteiger partial charge on any atom is -0.497 e. The third kappa shape index (κ3) is 2.90. The maximum absolute atomic E-state index is 14.0. The monoisotopic (exact) mass is 263 g/mol. The number of halogens is 2. The number of nitrogens with one attached hydrogen (secondary N) is 1. The molecule has 0 heterocycles. The van der Waals surface area contributed by atoms with Crippen molar-refractivity contribution < 1.29 is 13.5 Å². The van der Waals surface area contributed by atoms with Gasteiger partial charge in [0.25, 0.3) is 0 Å². The molecule has 0 aliphatic carbocycles. The second kappa shape index (κ2) is 5.80. The van der Waals surface area contributed by atoms with Crippen molar-refractivity contribution in [3.63, 3.8) is 0 Å². The molecule has 0 bridgehead atoms. The van der Waals surface area contributed by atoms with Crippen LogP contribution in [0.5, 0.6) is 5.75 Å². The summed E-state index contributed by atoms with van der Waals surface area (Å²) < 4.78 is 31.9. The number of hydrogen-bond donors (Lipinski definition) is 1. The van der Waals surface area contributed by atoms with Crippen molar-refractivity contribution in [3.05, 3.63) is 65.2 Å². The Bertz CT molecular complexity index is 555. The molecule has 0 saturated heterocycles. The van der Waals surface area contributed by atoms with Gasteiger partial charge in [-0.15, -0.1) is 0 Å². The molecule has 0 fully saturated rings. The van der Waals surface area contributed by atoms with Gasteiger partial charge < -0.3 is 10.1 Å². The number of methoxy groups -OCH3 is 1. The molecule has 2 aromatic carbocycles. The van der Waals surface area contributed by atoms with Gasteiger partial charge >= 0.3 is 0 Å². The van der Waals surface area contributed by atoms with Gasteiger partial charge in [-0.3, -0.25) is 0 Å². The predicted octanol–water partition coefficient (Wildman–Crippen LogP) is 3.28. The maximum atomic E-state index is 14.0. The van der Waals surface area contributed by atoms with E-state index in [4.69, 9.17) is 4.74 Å². The molecule has 0 radical (unpaired) electrons. The molecule has 0 saturated carbocycles. The Labute approximate surface area is 111 Å². The van der Waals surface area contributed by atoms with Crippen molar-refractivity contribution in [2.45, 2.75) is 6.04 Å². The van der Waals surface area contributed by atoms with Gasteiger partial charge in [0, 0.05) is 11.6 Å². The summed E-state index contributed by atoms with van der Waals surface area (Å²) in [5.41, 5.74) is 1.29. The molecule has 0 aromatic heterocycles. The van der Waals surface area contributed by atoms with E-state index in [1.807, 2.05) is 0 Å². The second-order valence-electron chi connectivity index (χ2n) is 4.16. The van der Waals surface area contributed by atoms with Crippen LogP contribution in [-0.4, -0.2) is 14.2 Å². The van der Waals surface area contributed by atoms with E-state index in [9.17, 15) is 8.78 Å². The minimum absolute atomic E-state index is 0.311. The van der Waals surface area contributed by atoms with Gasteiger partial charge in [0.1, 0.15) is 17.4 Å². The number of rotatable bonds is 4. The van der Waals surface area contributed by atoms with Gasteiger partial charge in [0.05, 0.1) is 13.2 Å². The quantitative estimate of drug-likeness (QED) is 0.914. The lowest BCUT2D eigenvalue weighted by atomic mass is 9.98. The topological polar surface area (TPSA) is 21.3 Å². The third-order valence-electron chi connectivity index (χ3n) is 3.01. The summed E-state index contributed by atoms with van der Waals surface area (Å²) in [7, 11) is 3.22. The Balaban J connectivity index is 2.39. The van der Waals surface area contributed by atoms with Gasteiger partial charge in [-0.1, -0.05) is 18.2 Å². The second-order valence-corrected chi connectivity index (χ2v) is 4.16. The highest BCUT2D eigenvalue weighted by Crippen LogP contribution is 2.26. The van der Waals surface area contributed by atoms with Crippen molar-refractivity contribution in [1.29, 1.82) is 0 Å². The summed E-state index contributed by atoms with van der Waals surface area (Å²) >= 11 is 0. The predicted molar refractivity (Wildman–Crippen MR) is 70.3 cm³/mol. The van der Waals surface area contributed by atoms with Crippen molar-refractivity contribution in [1.82, 2.24) is 5.32 Å². The first-order valence-electron chi connectivity index (χ1n) is 5.92. The SMILES string of the molecule is CNC(c1ccc(F)cc1)c1ccc(OC)cc1F. The largest absolute Gasteiger partial charge is 0.497 e. The van der Waals surface area contributed by atoms with Crippen LogP contribution in [0.1, 0.15) is 17.2 Å². The van der Waals surface area contributed by atoms with Crippen molar-refractivity contribution >= 4 is 0 Å². The zero-order chi connectivity index (χ0) is 13.8. The average Bonchev–Trinajstić information content (AvgIpc) is 2.43. The van der Waals surface area contributed by atoms with E-state index in [1.165, 1.54) is 25.3 Å². The Kier molecular flexibility index (Phi) is 4.12. The normalized spacial score (nSPS) is 12.2. The summed E-state index contributed by atoms with van der Waals surface area (Å²) in [6, 6.07) is 10.4. The zero-order valence-corrected chi connectivity index (χ0v) is 10.8. The fourth-order valence-corrected chi connectivity index (χ4v) is 2.03. The molecule has 1 unspecified atom stereocenters. The fraction of sp³-hybridized carbons (Fsp3) is 0.200. The molecule has 2 aromatic rings. The van der Waals surface area contributed by atoms with Gasteiger partial charge in [-0.25, -0.2) is 8.78 Å². The van der Waals surface area contributed by atoms with E-state index in [1.54, 1.807) is 31.3 Å². The van der Waals surface area contributed by atoms with Gasteiger partial charge in [-0.2, -0.15) is 0 Å². The van der Waals surface area contributed by atoms with Crippen molar-refractivity contribution in [3.8, 4) is 5.75 Å². The van der Waals surface area contributed by atoms with Gasteiger partial charge in [-0.05, 0) is 30.8 Å². The lowest BCUT2D eigenvalue weighted by Gasteiger charge is -2.18. The smallest absolute Gasteiger partial charge is 0.132 e. The molecule has 0 spiro atoms.